The molecular weight excluding hydrogens is 170 g/mol. The van der Waals surface area contributed by atoms with Crippen molar-refractivity contribution in [1.29, 1.82) is 0 Å². The highest BCUT2D eigenvalue weighted by Gasteiger charge is 2.13. The molecular formula is C9H19NO3. The summed E-state index contributed by atoms with van der Waals surface area (Å²) in [5, 5.41) is 0. The van der Waals surface area contributed by atoms with Crippen LogP contribution in [0, 0.1) is 5.92 Å². The Morgan fingerprint density at radius 2 is 2.00 bits per heavy atom. The second kappa shape index (κ2) is 6.86. The van der Waals surface area contributed by atoms with Gasteiger partial charge in [-0.05, 0) is 19.8 Å². The molecule has 4 heteroatoms. The van der Waals surface area contributed by atoms with Crippen molar-refractivity contribution in [1.82, 2.24) is 5.48 Å². The zero-order valence-corrected chi connectivity index (χ0v) is 8.79. The number of ether oxygens (including phenoxy) is 1. The highest BCUT2D eigenvalue weighted by atomic mass is 16.6. The molecule has 0 spiro atoms. The van der Waals surface area contributed by atoms with Crippen LogP contribution >= 0.6 is 0 Å². The molecule has 1 unspecified atom stereocenters. The standard InChI is InChI=1S/C9H19NO3/c1-5-12-9(11)8(4)10-13-6-7(2)3/h7-8,10H,5-6H2,1-4H3. The van der Waals surface area contributed by atoms with Gasteiger partial charge < -0.3 is 9.57 Å². The molecule has 0 bridgehead atoms. The van der Waals surface area contributed by atoms with Crippen LogP contribution in [0.4, 0.5) is 0 Å². The number of esters is 1. The number of carbonyl (C=O) groups excluding carboxylic acids is 1. The van der Waals surface area contributed by atoms with Gasteiger partial charge in [0.15, 0.2) is 0 Å². The zero-order chi connectivity index (χ0) is 10.3. The van der Waals surface area contributed by atoms with E-state index >= 15 is 0 Å². The summed E-state index contributed by atoms with van der Waals surface area (Å²) in [4.78, 5) is 16.1. The van der Waals surface area contributed by atoms with E-state index < -0.39 is 6.04 Å². The average Bonchev–Trinajstić information content (AvgIpc) is 2.04. The summed E-state index contributed by atoms with van der Waals surface area (Å²) < 4.78 is 4.78. The first-order valence-electron chi connectivity index (χ1n) is 4.61. The molecule has 1 N–H and O–H groups in total. The normalized spacial score (nSPS) is 13.0. The number of carbonyl (C=O) groups is 1. The van der Waals surface area contributed by atoms with E-state index in [9.17, 15) is 4.79 Å². The molecule has 13 heavy (non-hydrogen) atoms. The quantitative estimate of drug-likeness (QED) is 0.502. The first-order valence-corrected chi connectivity index (χ1v) is 4.61. The highest BCUT2D eigenvalue weighted by Crippen LogP contribution is 1.92. The Morgan fingerprint density at radius 1 is 1.38 bits per heavy atom. The van der Waals surface area contributed by atoms with Crippen molar-refractivity contribution in [3.8, 4) is 0 Å². The van der Waals surface area contributed by atoms with Crippen molar-refractivity contribution in [3.05, 3.63) is 0 Å². The van der Waals surface area contributed by atoms with Gasteiger partial charge in [0.2, 0.25) is 0 Å². The third kappa shape index (κ3) is 6.54. The number of hydrogen-bond acceptors (Lipinski definition) is 4. The minimum atomic E-state index is -0.404. The fourth-order valence-electron chi connectivity index (χ4n) is 0.655. The van der Waals surface area contributed by atoms with Crippen molar-refractivity contribution in [2.75, 3.05) is 13.2 Å². The highest BCUT2D eigenvalue weighted by molar-refractivity contribution is 5.74. The van der Waals surface area contributed by atoms with Crippen molar-refractivity contribution >= 4 is 5.97 Å². The molecule has 0 fully saturated rings. The van der Waals surface area contributed by atoms with E-state index in [4.69, 9.17) is 9.57 Å². The Bertz CT molecular complexity index is 148. The summed E-state index contributed by atoms with van der Waals surface area (Å²) in [6, 6.07) is -0.404. The van der Waals surface area contributed by atoms with E-state index in [1.165, 1.54) is 0 Å². The van der Waals surface area contributed by atoms with Gasteiger partial charge in [0.25, 0.3) is 0 Å². The summed E-state index contributed by atoms with van der Waals surface area (Å²) >= 11 is 0. The third-order valence-corrected chi connectivity index (χ3v) is 1.32. The predicted molar refractivity (Wildman–Crippen MR) is 50.0 cm³/mol. The molecule has 0 rings (SSSR count). The molecule has 78 valence electrons. The molecule has 0 aliphatic heterocycles. The van der Waals surface area contributed by atoms with Crippen LogP contribution in [0.5, 0.6) is 0 Å². The molecule has 0 radical (unpaired) electrons. The van der Waals surface area contributed by atoms with Crippen molar-refractivity contribution in [2.45, 2.75) is 33.7 Å². The van der Waals surface area contributed by atoms with Crippen LogP contribution in [0.15, 0.2) is 0 Å². The fourth-order valence-corrected chi connectivity index (χ4v) is 0.655. The molecule has 0 amide bonds. The Balaban J connectivity index is 3.49. The Hall–Kier alpha value is -0.610. The van der Waals surface area contributed by atoms with Crippen LogP contribution in [-0.4, -0.2) is 25.2 Å². The van der Waals surface area contributed by atoms with Gasteiger partial charge in [-0.2, -0.15) is 5.48 Å². The maximum atomic E-state index is 11.1. The molecule has 0 aliphatic rings. The van der Waals surface area contributed by atoms with E-state index in [1.54, 1.807) is 13.8 Å². The lowest BCUT2D eigenvalue weighted by Gasteiger charge is -2.13. The van der Waals surface area contributed by atoms with Gasteiger partial charge >= 0.3 is 5.97 Å². The molecule has 0 aromatic heterocycles. The molecule has 0 heterocycles. The number of hydroxylamine groups is 1. The van der Waals surface area contributed by atoms with Crippen molar-refractivity contribution < 1.29 is 14.4 Å². The lowest BCUT2D eigenvalue weighted by molar-refractivity contribution is -0.149. The SMILES string of the molecule is CCOC(=O)C(C)NOCC(C)C. The summed E-state index contributed by atoms with van der Waals surface area (Å²) in [5.41, 5.74) is 2.62. The minimum absolute atomic E-state index is 0.286. The minimum Gasteiger partial charge on any atom is -0.465 e. The van der Waals surface area contributed by atoms with Gasteiger partial charge in [-0.1, -0.05) is 13.8 Å². The van der Waals surface area contributed by atoms with E-state index in [2.05, 4.69) is 5.48 Å². The molecule has 0 aromatic rings. The van der Waals surface area contributed by atoms with Crippen LogP contribution in [0.2, 0.25) is 0 Å². The smallest absolute Gasteiger partial charge is 0.325 e. The van der Waals surface area contributed by atoms with E-state index in [0.29, 0.717) is 19.1 Å². The molecule has 0 saturated heterocycles. The van der Waals surface area contributed by atoms with Crippen LogP contribution in [0.1, 0.15) is 27.7 Å². The van der Waals surface area contributed by atoms with Crippen molar-refractivity contribution in [2.24, 2.45) is 5.92 Å². The average molecular weight is 189 g/mol. The molecule has 1 atom stereocenters. The lowest BCUT2D eigenvalue weighted by atomic mass is 10.2. The molecule has 0 saturated carbocycles. The first kappa shape index (κ1) is 12.4. The van der Waals surface area contributed by atoms with E-state index in [1.807, 2.05) is 13.8 Å². The Kier molecular flexibility index (Phi) is 6.54. The van der Waals surface area contributed by atoms with Crippen LogP contribution in [0.3, 0.4) is 0 Å². The van der Waals surface area contributed by atoms with Crippen molar-refractivity contribution in [3.63, 3.8) is 0 Å². The fraction of sp³-hybridized carbons (Fsp3) is 0.889. The number of hydrogen-bond donors (Lipinski definition) is 1. The Morgan fingerprint density at radius 3 is 2.46 bits per heavy atom. The van der Waals surface area contributed by atoms with E-state index in [-0.39, 0.29) is 5.97 Å². The first-order chi connectivity index (χ1) is 6.07. The van der Waals surface area contributed by atoms with Gasteiger partial charge in [-0.15, -0.1) is 0 Å². The van der Waals surface area contributed by atoms with Crippen LogP contribution in [-0.2, 0) is 14.4 Å². The monoisotopic (exact) mass is 189 g/mol. The Labute approximate surface area is 79.6 Å². The maximum absolute atomic E-state index is 11.1. The second-order valence-corrected chi connectivity index (χ2v) is 3.30. The van der Waals surface area contributed by atoms with Gasteiger partial charge in [-0.3, -0.25) is 4.79 Å². The summed E-state index contributed by atoms with van der Waals surface area (Å²) in [6.07, 6.45) is 0. The molecule has 0 aromatic carbocycles. The number of nitrogens with one attached hydrogen (secondary N) is 1. The molecule has 0 aliphatic carbocycles. The molecule has 4 nitrogen and oxygen atoms in total. The summed E-state index contributed by atoms with van der Waals surface area (Å²) in [6.45, 7) is 8.55. The lowest BCUT2D eigenvalue weighted by Crippen LogP contribution is -2.36. The van der Waals surface area contributed by atoms with Gasteiger partial charge in [0.1, 0.15) is 6.04 Å². The largest absolute Gasteiger partial charge is 0.465 e. The van der Waals surface area contributed by atoms with Crippen LogP contribution in [0.25, 0.3) is 0 Å². The predicted octanol–water partition coefficient (Wildman–Crippen LogP) is 1.12. The van der Waals surface area contributed by atoms with Gasteiger partial charge in [0.05, 0.1) is 13.2 Å². The maximum Gasteiger partial charge on any atom is 0.325 e. The summed E-state index contributed by atoms with van der Waals surface area (Å²) in [5.74, 6) is 0.160. The van der Waals surface area contributed by atoms with Gasteiger partial charge in [-0.25, -0.2) is 0 Å². The summed E-state index contributed by atoms with van der Waals surface area (Å²) in [7, 11) is 0. The van der Waals surface area contributed by atoms with Crippen LogP contribution < -0.4 is 5.48 Å². The van der Waals surface area contributed by atoms with Gasteiger partial charge in [0, 0.05) is 0 Å². The second-order valence-electron chi connectivity index (χ2n) is 3.30. The van der Waals surface area contributed by atoms with E-state index in [0.717, 1.165) is 0 Å². The third-order valence-electron chi connectivity index (χ3n) is 1.32. The zero-order valence-electron chi connectivity index (χ0n) is 8.79. The number of rotatable bonds is 6. The topological polar surface area (TPSA) is 47.6 Å².